The molecule has 0 saturated heterocycles. The summed E-state index contributed by atoms with van der Waals surface area (Å²) in [5, 5.41) is 0. The highest BCUT2D eigenvalue weighted by atomic mass is 16.5. The first-order valence-corrected chi connectivity index (χ1v) is 3.96. The standard InChI is InChI=1S/C9H13NO2/c1-4-11-6-5-9-7(2)10-8(3)12-9/h5-6H,4H2,1-3H3/b6-5+. The molecule has 3 nitrogen and oxygen atoms in total. The van der Waals surface area contributed by atoms with Crippen molar-refractivity contribution in [2.24, 2.45) is 0 Å². The number of ether oxygens (including phenoxy) is 1. The molecule has 0 radical (unpaired) electrons. The average molecular weight is 167 g/mol. The fourth-order valence-electron chi connectivity index (χ4n) is 0.908. The second-order valence-electron chi connectivity index (χ2n) is 2.44. The Kier molecular flexibility index (Phi) is 2.91. The van der Waals surface area contributed by atoms with E-state index in [1.165, 1.54) is 0 Å². The Morgan fingerprint density at radius 3 is 2.75 bits per heavy atom. The van der Waals surface area contributed by atoms with Crippen LogP contribution in [0.2, 0.25) is 0 Å². The van der Waals surface area contributed by atoms with E-state index in [1.54, 1.807) is 12.3 Å². The van der Waals surface area contributed by atoms with Crippen LogP contribution < -0.4 is 0 Å². The maximum atomic E-state index is 5.28. The minimum absolute atomic E-state index is 0.669. The predicted molar refractivity (Wildman–Crippen MR) is 46.6 cm³/mol. The van der Waals surface area contributed by atoms with E-state index < -0.39 is 0 Å². The summed E-state index contributed by atoms with van der Waals surface area (Å²) >= 11 is 0. The molecule has 0 N–H and O–H groups in total. The van der Waals surface area contributed by atoms with Gasteiger partial charge in [0, 0.05) is 13.0 Å². The van der Waals surface area contributed by atoms with Crippen molar-refractivity contribution in [3.05, 3.63) is 23.6 Å². The van der Waals surface area contributed by atoms with Crippen LogP contribution in [0, 0.1) is 13.8 Å². The van der Waals surface area contributed by atoms with Crippen molar-refractivity contribution in [1.82, 2.24) is 4.98 Å². The van der Waals surface area contributed by atoms with Crippen LogP contribution in [0.25, 0.3) is 6.08 Å². The van der Waals surface area contributed by atoms with Crippen LogP contribution in [0.4, 0.5) is 0 Å². The lowest BCUT2D eigenvalue weighted by atomic mass is 10.4. The fraction of sp³-hybridized carbons (Fsp3) is 0.444. The number of hydrogen-bond donors (Lipinski definition) is 0. The van der Waals surface area contributed by atoms with Crippen LogP contribution >= 0.6 is 0 Å². The molecule has 1 aromatic heterocycles. The lowest BCUT2D eigenvalue weighted by Crippen LogP contribution is -1.77. The third kappa shape index (κ3) is 2.12. The van der Waals surface area contributed by atoms with Gasteiger partial charge >= 0.3 is 0 Å². The Morgan fingerprint density at radius 1 is 1.50 bits per heavy atom. The van der Waals surface area contributed by atoms with E-state index in [4.69, 9.17) is 9.15 Å². The normalized spacial score (nSPS) is 10.9. The van der Waals surface area contributed by atoms with Crippen molar-refractivity contribution in [1.29, 1.82) is 0 Å². The van der Waals surface area contributed by atoms with E-state index in [0.29, 0.717) is 12.5 Å². The van der Waals surface area contributed by atoms with Gasteiger partial charge < -0.3 is 9.15 Å². The molecule has 1 aromatic rings. The lowest BCUT2D eigenvalue weighted by molar-refractivity contribution is 0.271. The summed E-state index contributed by atoms with van der Waals surface area (Å²) in [5.74, 6) is 1.45. The number of oxazole rings is 1. The molecular weight excluding hydrogens is 154 g/mol. The van der Waals surface area contributed by atoms with Gasteiger partial charge in [0.1, 0.15) is 0 Å². The molecule has 0 aliphatic heterocycles. The van der Waals surface area contributed by atoms with Gasteiger partial charge in [0.05, 0.1) is 18.6 Å². The van der Waals surface area contributed by atoms with E-state index in [9.17, 15) is 0 Å². The van der Waals surface area contributed by atoms with Gasteiger partial charge in [-0.05, 0) is 13.8 Å². The van der Waals surface area contributed by atoms with Crippen molar-refractivity contribution >= 4 is 6.08 Å². The maximum absolute atomic E-state index is 5.28. The highest BCUT2D eigenvalue weighted by Gasteiger charge is 2.01. The van der Waals surface area contributed by atoms with Gasteiger partial charge in [-0.3, -0.25) is 0 Å². The molecule has 3 heteroatoms. The third-order valence-electron chi connectivity index (χ3n) is 1.42. The largest absolute Gasteiger partial charge is 0.501 e. The predicted octanol–water partition coefficient (Wildman–Crippen LogP) is 2.30. The van der Waals surface area contributed by atoms with Crippen LogP contribution in [0.3, 0.4) is 0 Å². The summed E-state index contributed by atoms with van der Waals surface area (Å²) in [6.07, 6.45) is 3.39. The Hall–Kier alpha value is -1.25. The Morgan fingerprint density at radius 2 is 2.25 bits per heavy atom. The summed E-state index contributed by atoms with van der Waals surface area (Å²) < 4.78 is 10.3. The molecule has 12 heavy (non-hydrogen) atoms. The van der Waals surface area contributed by atoms with E-state index >= 15 is 0 Å². The van der Waals surface area contributed by atoms with Gasteiger partial charge in [0.15, 0.2) is 11.7 Å². The molecule has 0 aromatic carbocycles. The fourth-order valence-corrected chi connectivity index (χ4v) is 0.908. The van der Waals surface area contributed by atoms with Crippen molar-refractivity contribution in [3.63, 3.8) is 0 Å². The minimum atomic E-state index is 0.669. The molecule has 0 atom stereocenters. The first-order chi connectivity index (χ1) is 5.74. The van der Waals surface area contributed by atoms with Gasteiger partial charge in [-0.15, -0.1) is 0 Å². The van der Waals surface area contributed by atoms with Crippen molar-refractivity contribution in [3.8, 4) is 0 Å². The molecule has 0 saturated carbocycles. The van der Waals surface area contributed by atoms with Crippen molar-refractivity contribution in [2.75, 3.05) is 6.61 Å². The third-order valence-corrected chi connectivity index (χ3v) is 1.42. The van der Waals surface area contributed by atoms with E-state index in [1.807, 2.05) is 20.8 Å². The van der Waals surface area contributed by atoms with E-state index in [-0.39, 0.29) is 0 Å². The summed E-state index contributed by atoms with van der Waals surface area (Å²) in [6, 6.07) is 0. The molecule has 0 unspecified atom stereocenters. The summed E-state index contributed by atoms with van der Waals surface area (Å²) in [7, 11) is 0. The molecule has 0 amide bonds. The molecular formula is C9H13NO2. The first kappa shape index (κ1) is 8.84. The second-order valence-corrected chi connectivity index (χ2v) is 2.44. The van der Waals surface area contributed by atoms with Crippen LogP contribution in [-0.2, 0) is 4.74 Å². The van der Waals surface area contributed by atoms with Crippen molar-refractivity contribution < 1.29 is 9.15 Å². The smallest absolute Gasteiger partial charge is 0.191 e. The van der Waals surface area contributed by atoms with Gasteiger partial charge in [0.2, 0.25) is 0 Å². The van der Waals surface area contributed by atoms with Gasteiger partial charge in [-0.25, -0.2) is 4.98 Å². The molecule has 0 aliphatic rings. The highest BCUT2D eigenvalue weighted by Crippen LogP contribution is 2.10. The van der Waals surface area contributed by atoms with E-state index in [0.717, 1.165) is 11.5 Å². The molecule has 0 spiro atoms. The highest BCUT2D eigenvalue weighted by molar-refractivity contribution is 5.43. The van der Waals surface area contributed by atoms with Gasteiger partial charge in [-0.2, -0.15) is 0 Å². The molecule has 0 aliphatic carbocycles. The average Bonchev–Trinajstić information content (AvgIpc) is 2.31. The quantitative estimate of drug-likeness (QED) is 0.648. The van der Waals surface area contributed by atoms with Crippen LogP contribution in [0.15, 0.2) is 10.7 Å². The van der Waals surface area contributed by atoms with Crippen LogP contribution in [-0.4, -0.2) is 11.6 Å². The number of aryl methyl sites for hydroxylation is 2. The molecule has 1 heterocycles. The summed E-state index contributed by atoms with van der Waals surface area (Å²) in [5.41, 5.74) is 0.892. The van der Waals surface area contributed by atoms with E-state index in [2.05, 4.69) is 4.98 Å². The molecule has 1 rings (SSSR count). The Labute approximate surface area is 72.1 Å². The van der Waals surface area contributed by atoms with Crippen LogP contribution in [0.1, 0.15) is 24.3 Å². The molecule has 66 valence electrons. The molecule has 0 fully saturated rings. The number of rotatable bonds is 3. The zero-order chi connectivity index (χ0) is 8.97. The lowest BCUT2D eigenvalue weighted by Gasteiger charge is -1.90. The maximum Gasteiger partial charge on any atom is 0.191 e. The number of hydrogen-bond acceptors (Lipinski definition) is 3. The van der Waals surface area contributed by atoms with Crippen molar-refractivity contribution in [2.45, 2.75) is 20.8 Å². The van der Waals surface area contributed by atoms with Crippen LogP contribution in [0.5, 0.6) is 0 Å². The zero-order valence-corrected chi connectivity index (χ0v) is 7.63. The minimum Gasteiger partial charge on any atom is -0.501 e. The van der Waals surface area contributed by atoms with Gasteiger partial charge in [0.25, 0.3) is 0 Å². The Balaban J connectivity index is 2.68. The topological polar surface area (TPSA) is 35.3 Å². The number of nitrogens with zero attached hydrogens (tertiary/aromatic N) is 1. The zero-order valence-electron chi connectivity index (χ0n) is 7.63. The number of aromatic nitrogens is 1. The summed E-state index contributed by atoms with van der Waals surface area (Å²) in [4.78, 5) is 4.12. The SMILES string of the molecule is CCO/C=C/c1oc(C)nc1C. The second kappa shape index (κ2) is 3.95. The first-order valence-electron chi connectivity index (χ1n) is 3.96. The summed E-state index contributed by atoms with van der Waals surface area (Å²) in [6.45, 7) is 6.33. The Bertz CT molecular complexity index is 276. The van der Waals surface area contributed by atoms with Gasteiger partial charge in [-0.1, -0.05) is 0 Å². The molecule has 0 bridgehead atoms. The monoisotopic (exact) mass is 167 g/mol.